The number of ether oxygens (including phenoxy) is 2. The molecule has 2 N–H and O–H groups in total. The summed E-state index contributed by atoms with van der Waals surface area (Å²) < 4.78 is 13.4. The highest BCUT2D eigenvalue weighted by molar-refractivity contribution is 5.81. The van der Waals surface area contributed by atoms with E-state index in [0.29, 0.717) is 36.3 Å². The first-order valence-corrected chi connectivity index (χ1v) is 14.9. The lowest BCUT2D eigenvalue weighted by Crippen LogP contribution is -2.49. The smallest absolute Gasteiger partial charge is 0.412 e. The van der Waals surface area contributed by atoms with E-state index in [9.17, 15) is 4.79 Å². The van der Waals surface area contributed by atoms with Crippen LogP contribution in [-0.2, 0) is 0 Å². The Hall–Kier alpha value is -3.21. The Kier molecular flexibility index (Phi) is 9.42. The molecule has 5 rings (SSSR count). The van der Waals surface area contributed by atoms with Crippen molar-refractivity contribution in [3.63, 3.8) is 0 Å². The maximum atomic E-state index is 12.5. The number of rotatable bonds is 9. The van der Waals surface area contributed by atoms with Gasteiger partial charge in [-0.2, -0.15) is 0 Å². The molecule has 2 fully saturated rings. The van der Waals surface area contributed by atoms with Crippen LogP contribution in [0.3, 0.4) is 0 Å². The summed E-state index contributed by atoms with van der Waals surface area (Å²) in [4.78, 5) is 27.4. The summed E-state index contributed by atoms with van der Waals surface area (Å²) in [7, 11) is 3.78. The van der Waals surface area contributed by atoms with Crippen molar-refractivity contribution in [2.75, 3.05) is 46.9 Å². The highest BCUT2D eigenvalue weighted by atomic mass is 16.6. The lowest BCUT2D eigenvalue weighted by molar-refractivity contribution is 0.0872. The van der Waals surface area contributed by atoms with Gasteiger partial charge >= 0.3 is 6.09 Å². The molecule has 0 radical (unpaired) electrons. The lowest BCUT2D eigenvalue weighted by atomic mass is 9.84. The van der Waals surface area contributed by atoms with Gasteiger partial charge < -0.3 is 24.8 Å². The number of aryl methyl sites for hydroxylation is 1. The summed E-state index contributed by atoms with van der Waals surface area (Å²) in [6, 6.07) is 6.11. The van der Waals surface area contributed by atoms with Gasteiger partial charge in [0.1, 0.15) is 5.82 Å². The molecule has 10 nitrogen and oxygen atoms in total. The third-order valence-electron chi connectivity index (χ3n) is 8.68. The number of aliphatic hydroxyl groups is 1. The molecule has 1 aliphatic carbocycles. The number of carbonyl (C=O) groups excluding carboxylic acids is 1. The normalized spacial score (nSPS) is 21.1. The number of aromatic nitrogens is 3. The minimum atomic E-state index is -0.552. The molecule has 1 amide bonds. The quantitative estimate of drug-likeness (QED) is 0.398. The van der Waals surface area contributed by atoms with Crippen LogP contribution < -0.4 is 14.8 Å². The summed E-state index contributed by atoms with van der Waals surface area (Å²) in [5.41, 5.74) is 3.66. The van der Waals surface area contributed by atoms with E-state index in [0.717, 1.165) is 54.2 Å². The van der Waals surface area contributed by atoms with Gasteiger partial charge in [0.2, 0.25) is 0 Å². The van der Waals surface area contributed by atoms with Gasteiger partial charge in [0.15, 0.2) is 11.5 Å². The van der Waals surface area contributed by atoms with E-state index in [-0.39, 0.29) is 12.6 Å². The fraction of sp³-hybridized carbons (Fsp3) is 0.581. The molecule has 2 aliphatic rings. The van der Waals surface area contributed by atoms with E-state index in [1.54, 1.807) is 13.2 Å². The minimum Gasteiger partial charge on any atom is -0.493 e. The number of methoxy groups -OCH3 is 1. The Labute approximate surface area is 242 Å². The zero-order valence-corrected chi connectivity index (χ0v) is 24.8. The van der Waals surface area contributed by atoms with Crippen molar-refractivity contribution >= 4 is 11.6 Å². The molecule has 3 heterocycles. The van der Waals surface area contributed by atoms with Crippen LogP contribution in [-0.4, -0.2) is 94.4 Å². The standard InChI is InChI=1S/C31H44N6O4/c1-21(6-5-19-38)33-31(39)41-26-12-9-24(20-27(26)40-4)28-29-22(2)32-13-14-37(29)30(34-28)23-7-10-25(11-8-23)36-17-15-35(3)16-18-36/h9,12-14,20-21,23,25,38H,5-8,10-11,15-19H2,1-4H3,(H,33,39). The predicted molar refractivity (Wildman–Crippen MR) is 159 cm³/mol. The van der Waals surface area contributed by atoms with E-state index < -0.39 is 6.09 Å². The largest absolute Gasteiger partial charge is 0.493 e. The molecule has 1 aromatic carbocycles. The average molecular weight is 565 g/mol. The van der Waals surface area contributed by atoms with E-state index in [4.69, 9.17) is 19.6 Å². The Balaban J connectivity index is 1.35. The second kappa shape index (κ2) is 13.2. The van der Waals surface area contributed by atoms with Crippen molar-refractivity contribution in [3.05, 3.63) is 42.1 Å². The molecule has 1 unspecified atom stereocenters. The van der Waals surface area contributed by atoms with Crippen molar-refractivity contribution in [1.29, 1.82) is 0 Å². The van der Waals surface area contributed by atoms with Crippen LogP contribution in [0, 0.1) is 6.92 Å². The van der Waals surface area contributed by atoms with Crippen molar-refractivity contribution in [2.45, 2.75) is 70.4 Å². The molecule has 41 heavy (non-hydrogen) atoms. The first kappa shape index (κ1) is 29.3. The zero-order chi connectivity index (χ0) is 28.9. The Bertz CT molecular complexity index is 1330. The van der Waals surface area contributed by atoms with Crippen LogP contribution in [0.1, 0.15) is 62.9 Å². The number of likely N-dealkylation sites (N-methyl/N-ethyl adjacent to an activating group) is 1. The third-order valence-corrected chi connectivity index (χ3v) is 8.68. The van der Waals surface area contributed by atoms with Crippen LogP contribution in [0.15, 0.2) is 30.6 Å². The molecule has 1 atom stereocenters. The predicted octanol–water partition coefficient (Wildman–Crippen LogP) is 4.24. The van der Waals surface area contributed by atoms with Gasteiger partial charge in [-0.15, -0.1) is 0 Å². The van der Waals surface area contributed by atoms with Crippen LogP contribution in [0.2, 0.25) is 0 Å². The summed E-state index contributed by atoms with van der Waals surface area (Å²) in [5.74, 6) is 2.28. The molecule has 1 aliphatic heterocycles. The van der Waals surface area contributed by atoms with E-state index in [1.165, 1.54) is 25.9 Å². The van der Waals surface area contributed by atoms with Gasteiger partial charge in [0, 0.05) is 68.7 Å². The van der Waals surface area contributed by atoms with Crippen molar-refractivity contribution < 1.29 is 19.4 Å². The van der Waals surface area contributed by atoms with Gasteiger partial charge in [-0.1, -0.05) is 0 Å². The summed E-state index contributed by atoms with van der Waals surface area (Å²) >= 11 is 0. The number of hydrogen-bond donors (Lipinski definition) is 2. The summed E-state index contributed by atoms with van der Waals surface area (Å²) in [6.07, 6.45) is 9.25. The molecule has 10 heteroatoms. The fourth-order valence-electron chi connectivity index (χ4n) is 6.29. The first-order valence-electron chi connectivity index (χ1n) is 14.9. The van der Waals surface area contributed by atoms with Crippen LogP contribution in [0.25, 0.3) is 16.8 Å². The van der Waals surface area contributed by atoms with Crippen molar-refractivity contribution in [2.24, 2.45) is 0 Å². The Morgan fingerprint density at radius 2 is 1.90 bits per heavy atom. The summed E-state index contributed by atoms with van der Waals surface area (Å²) in [5, 5.41) is 11.8. The minimum absolute atomic E-state index is 0.0909. The topological polar surface area (TPSA) is 104 Å². The first-order chi connectivity index (χ1) is 19.9. The number of piperazine rings is 1. The van der Waals surface area contributed by atoms with Gasteiger partial charge in [-0.3, -0.25) is 14.3 Å². The average Bonchev–Trinajstić information content (AvgIpc) is 3.38. The fourth-order valence-corrected chi connectivity index (χ4v) is 6.29. The van der Waals surface area contributed by atoms with Crippen LogP contribution in [0.4, 0.5) is 4.79 Å². The zero-order valence-electron chi connectivity index (χ0n) is 24.8. The number of benzene rings is 1. The number of nitrogens with one attached hydrogen (secondary N) is 1. The van der Waals surface area contributed by atoms with Crippen LogP contribution >= 0.6 is 0 Å². The van der Waals surface area contributed by atoms with Gasteiger partial charge in [0.05, 0.1) is 24.0 Å². The molecule has 2 aromatic heterocycles. The van der Waals surface area contributed by atoms with E-state index in [1.807, 2.05) is 38.4 Å². The molecular formula is C31H44N6O4. The highest BCUT2D eigenvalue weighted by Crippen LogP contribution is 2.39. The maximum absolute atomic E-state index is 12.5. The van der Waals surface area contributed by atoms with Gasteiger partial charge in [0.25, 0.3) is 0 Å². The summed E-state index contributed by atoms with van der Waals surface area (Å²) in [6.45, 7) is 8.63. The Morgan fingerprint density at radius 1 is 1.15 bits per heavy atom. The highest BCUT2D eigenvalue weighted by Gasteiger charge is 2.31. The molecule has 1 saturated heterocycles. The second-order valence-corrected chi connectivity index (χ2v) is 11.6. The van der Waals surface area contributed by atoms with Crippen LogP contribution in [0.5, 0.6) is 11.5 Å². The number of amides is 1. The number of hydrogen-bond acceptors (Lipinski definition) is 8. The molecule has 222 valence electrons. The Morgan fingerprint density at radius 3 is 2.61 bits per heavy atom. The number of nitrogens with zero attached hydrogens (tertiary/aromatic N) is 5. The maximum Gasteiger partial charge on any atom is 0.412 e. The number of fused-ring (bicyclic) bond motifs is 1. The van der Waals surface area contributed by atoms with E-state index in [2.05, 4.69) is 31.5 Å². The molecule has 0 bridgehead atoms. The SMILES string of the molecule is COc1cc(-c2nc(C3CCC(N4CCN(C)CC4)CC3)n3ccnc(C)c23)ccc1OC(=O)NC(C)CCCO. The molecular weight excluding hydrogens is 520 g/mol. The molecule has 3 aromatic rings. The number of imidazole rings is 1. The number of aliphatic hydroxyl groups excluding tert-OH is 1. The molecule has 0 spiro atoms. The third kappa shape index (κ3) is 6.66. The second-order valence-electron chi connectivity index (χ2n) is 11.6. The van der Waals surface area contributed by atoms with Crippen molar-refractivity contribution in [1.82, 2.24) is 29.5 Å². The van der Waals surface area contributed by atoms with E-state index >= 15 is 0 Å². The lowest BCUT2D eigenvalue weighted by Gasteiger charge is -2.41. The van der Waals surface area contributed by atoms with Gasteiger partial charge in [-0.25, -0.2) is 9.78 Å². The molecule has 1 saturated carbocycles. The van der Waals surface area contributed by atoms with Gasteiger partial charge in [-0.05, 0) is 77.6 Å². The monoisotopic (exact) mass is 564 g/mol. The van der Waals surface area contributed by atoms with Crippen molar-refractivity contribution in [3.8, 4) is 22.8 Å². The number of carbonyl (C=O) groups is 1.